The average molecular weight is 318 g/mol. The van der Waals surface area contributed by atoms with Crippen LogP contribution in [0.25, 0.3) is 0 Å². The minimum absolute atomic E-state index is 0.00781. The quantitative estimate of drug-likeness (QED) is 0.937. The van der Waals surface area contributed by atoms with Crippen LogP contribution in [0.15, 0.2) is 41.3 Å². The zero-order valence-corrected chi connectivity index (χ0v) is 11.9. The van der Waals surface area contributed by atoms with E-state index in [0.29, 0.717) is 16.7 Å². The Morgan fingerprint density at radius 1 is 1.05 bits per heavy atom. The number of aryl methyl sites for hydroxylation is 1. The van der Waals surface area contributed by atoms with E-state index in [4.69, 9.17) is 11.6 Å². The molecule has 0 saturated heterocycles. The number of anilines is 1. The summed E-state index contributed by atoms with van der Waals surface area (Å²) in [5.74, 6) is -1.73. The molecule has 3 nitrogen and oxygen atoms in total. The van der Waals surface area contributed by atoms with E-state index >= 15 is 0 Å². The van der Waals surface area contributed by atoms with Crippen LogP contribution < -0.4 is 4.72 Å². The highest BCUT2D eigenvalue weighted by Crippen LogP contribution is 2.23. The van der Waals surface area contributed by atoms with Gasteiger partial charge in [-0.15, -0.1) is 0 Å². The van der Waals surface area contributed by atoms with Crippen molar-refractivity contribution in [3.8, 4) is 0 Å². The van der Waals surface area contributed by atoms with Crippen LogP contribution >= 0.6 is 11.6 Å². The number of hydrogen-bond donors (Lipinski definition) is 1. The number of nitrogens with one attached hydrogen (secondary N) is 1. The van der Waals surface area contributed by atoms with Crippen LogP contribution in [-0.4, -0.2) is 8.42 Å². The predicted molar refractivity (Wildman–Crippen MR) is 73.4 cm³/mol. The third-order valence-electron chi connectivity index (χ3n) is 2.54. The summed E-state index contributed by atoms with van der Waals surface area (Å²) < 4.78 is 52.5. The fourth-order valence-corrected chi connectivity index (χ4v) is 3.23. The van der Waals surface area contributed by atoms with Gasteiger partial charge in [0.1, 0.15) is 11.6 Å². The van der Waals surface area contributed by atoms with Gasteiger partial charge in [-0.25, -0.2) is 17.2 Å². The van der Waals surface area contributed by atoms with Gasteiger partial charge in [-0.2, -0.15) is 0 Å². The molecule has 0 bridgehead atoms. The molecule has 0 aromatic heterocycles. The Bertz CT molecular complexity index is 743. The van der Waals surface area contributed by atoms with Gasteiger partial charge in [0.25, 0.3) is 10.0 Å². The predicted octanol–water partition coefficient (Wildman–Crippen LogP) is 3.73. The van der Waals surface area contributed by atoms with Crippen LogP contribution in [0.3, 0.4) is 0 Å². The Balaban J connectivity index is 2.40. The summed E-state index contributed by atoms with van der Waals surface area (Å²) in [5.41, 5.74) is 0.249. The molecule has 0 unspecified atom stereocenters. The lowest BCUT2D eigenvalue weighted by atomic mass is 10.2. The monoisotopic (exact) mass is 317 g/mol. The fraction of sp³-hybridized carbons (Fsp3) is 0.0769. The van der Waals surface area contributed by atoms with E-state index < -0.39 is 21.7 Å². The van der Waals surface area contributed by atoms with Gasteiger partial charge >= 0.3 is 0 Å². The van der Waals surface area contributed by atoms with Gasteiger partial charge in [-0.05, 0) is 42.8 Å². The number of rotatable bonds is 3. The van der Waals surface area contributed by atoms with Crippen molar-refractivity contribution in [2.75, 3.05) is 4.72 Å². The molecule has 7 heteroatoms. The van der Waals surface area contributed by atoms with E-state index in [2.05, 4.69) is 4.72 Å². The van der Waals surface area contributed by atoms with Gasteiger partial charge < -0.3 is 0 Å². The van der Waals surface area contributed by atoms with Crippen LogP contribution in [0.4, 0.5) is 14.5 Å². The molecular formula is C13H10ClF2NO2S. The number of halogens is 3. The first-order valence-electron chi connectivity index (χ1n) is 5.53. The van der Waals surface area contributed by atoms with Crippen LogP contribution in [0.2, 0.25) is 5.02 Å². The summed E-state index contributed by atoms with van der Waals surface area (Å²) in [7, 11) is -3.94. The molecule has 2 aromatic carbocycles. The van der Waals surface area contributed by atoms with E-state index in [-0.39, 0.29) is 10.6 Å². The molecule has 0 aliphatic rings. The fourth-order valence-electron chi connectivity index (χ4n) is 1.74. The second-order valence-corrected chi connectivity index (χ2v) is 6.26. The maximum atomic E-state index is 13.0. The zero-order chi connectivity index (χ0) is 14.9. The van der Waals surface area contributed by atoms with Crippen molar-refractivity contribution < 1.29 is 17.2 Å². The molecule has 0 aliphatic heterocycles. The van der Waals surface area contributed by atoms with E-state index in [1.807, 2.05) is 0 Å². The van der Waals surface area contributed by atoms with Gasteiger partial charge in [-0.1, -0.05) is 11.6 Å². The summed E-state index contributed by atoms with van der Waals surface area (Å²) in [6.45, 7) is 1.58. The highest BCUT2D eigenvalue weighted by atomic mass is 35.5. The van der Waals surface area contributed by atoms with Crippen LogP contribution in [0.5, 0.6) is 0 Å². The Labute approximate surface area is 120 Å². The second-order valence-electron chi connectivity index (χ2n) is 4.17. The van der Waals surface area contributed by atoms with Crippen molar-refractivity contribution in [3.63, 3.8) is 0 Å². The maximum absolute atomic E-state index is 13.0. The van der Waals surface area contributed by atoms with Crippen molar-refractivity contribution in [1.82, 2.24) is 0 Å². The molecule has 1 N–H and O–H groups in total. The number of benzene rings is 2. The largest absolute Gasteiger partial charge is 0.279 e. The van der Waals surface area contributed by atoms with E-state index in [1.54, 1.807) is 6.92 Å². The molecule has 2 rings (SSSR count). The molecular weight excluding hydrogens is 308 g/mol. The van der Waals surface area contributed by atoms with Crippen molar-refractivity contribution in [2.24, 2.45) is 0 Å². The average Bonchev–Trinajstić information content (AvgIpc) is 2.25. The Morgan fingerprint density at radius 3 is 2.20 bits per heavy atom. The normalized spacial score (nSPS) is 11.4. The highest BCUT2D eigenvalue weighted by molar-refractivity contribution is 7.92. The van der Waals surface area contributed by atoms with Gasteiger partial charge in [-0.3, -0.25) is 4.72 Å². The maximum Gasteiger partial charge on any atom is 0.262 e. The number of hydrogen-bond acceptors (Lipinski definition) is 2. The smallest absolute Gasteiger partial charge is 0.262 e. The molecule has 2 aromatic rings. The van der Waals surface area contributed by atoms with Gasteiger partial charge in [0.15, 0.2) is 0 Å². The van der Waals surface area contributed by atoms with E-state index in [1.165, 1.54) is 18.2 Å². The summed E-state index contributed by atoms with van der Waals surface area (Å²) in [4.78, 5) is -0.00781. The Kier molecular flexibility index (Phi) is 3.96. The lowest BCUT2D eigenvalue weighted by molar-refractivity contribution is 0.584. The molecule has 0 heterocycles. The minimum atomic E-state index is -3.94. The molecule has 0 aliphatic carbocycles. The van der Waals surface area contributed by atoms with Crippen molar-refractivity contribution >= 4 is 27.3 Å². The molecule has 0 fully saturated rings. The second kappa shape index (κ2) is 5.38. The SMILES string of the molecule is Cc1cc(Cl)ccc1S(=O)(=O)Nc1cc(F)cc(F)c1. The topological polar surface area (TPSA) is 46.2 Å². The summed E-state index contributed by atoms with van der Waals surface area (Å²) in [6, 6.07) is 6.69. The molecule has 20 heavy (non-hydrogen) atoms. The Hall–Kier alpha value is -1.66. The van der Waals surface area contributed by atoms with Crippen molar-refractivity contribution in [3.05, 3.63) is 58.6 Å². The third kappa shape index (κ3) is 3.26. The van der Waals surface area contributed by atoms with Gasteiger partial charge in [0, 0.05) is 11.1 Å². The lowest BCUT2D eigenvalue weighted by Crippen LogP contribution is -2.14. The van der Waals surface area contributed by atoms with Gasteiger partial charge in [0.2, 0.25) is 0 Å². The molecule has 0 saturated carbocycles. The molecule has 106 valence electrons. The van der Waals surface area contributed by atoms with Crippen molar-refractivity contribution in [1.29, 1.82) is 0 Å². The zero-order valence-electron chi connectivity index (χ0n) is 10.3. The summed E-state index contributed by atoms with van der Waals surface area (Å²) in [5, 5.41) is 0.401. The van der Waals surface area contributed by atoms with Gasteiger partial charge in [0.05, 0.1) is 10.6 Å². The molecule has 0 spiro atoms. The number of sulfonamides is 1. The lowest BCUT2D eigenvalue weighted by Gasteiger charge is -2.10. The molecule has 0 atom stereocenters. The standard InChI is InChI=1S/C13H10ClF2NO2S/c1-8-4-9(14)2-3-13(8)20(18,19)17-12-6-10(15)5-11(16)7-12/h2-7,17H,1H3. The first kappa shape index (κ1) is 14.7. The van der Waals surface area contributed by atoms with E-state index in [0.717, 1.165) is 12.1 Å². The first-order valence-corrected chi connectivity index (χ1v) is 7.39. The molecule has 0 radical (unpaired) electrons. The van der Waals surface area contributed by atoms with E-state index in [9.17, 15) is 17.2 Å². The Morgan fingerprint density at radius 2 is 1.65 bits per heavy atom. The summed E-state index contributed by atoms with van der Waals surface area (Å²) >= 11 is 5.75. The molecule has 0 amide bonds. The van der Waals surface area contributed by atoms with Crippen molar-refractivity contribution in [2.45, 2.75) is 11.8 Å². The summed E-state index contributed by atoms with van der Waals surface area (Å²) in [6.07, 6.45) is 0. The minimum Gasteiger partial charge on any atom is -0.279 e. The first-order chi connectivity index (χ1) is 9.28. The van der Waals surface area contributed by atoms with Crippen LogP contribution in [0.1, 0.15) is 5.56 Å². The third-order valence-corrected chi connectivity index (χ3v) is 4.32. The highest BCUT2D eigenvalue weighted by Gasteiger charge is 2.17. The van der Waals surface area contributed by atoms with Crippen LogP contribution in [-0.2, 0) is 10.0 Å². The van der Waals surface area contributed by atoms with Crippen LogP contribution in [0, 0.1) is 18.6 Å².